The first-order valence-corrected chi connectivity index (χ1v) is 12.2. The van der Waals surface area contributed by atoms with Crippen molar-refractivity contribution in [2.24, 2.45) is 5.92 Å². The average Bonchev–Trinajstić information content (AvgIpc) is 3.48. The fourth-order valence-corrected chi connectivity index (χ4v) is 4.38. The molecule has 1 fully saturated rings. The van der Waals surface area contributed by atoms with Gasteiger partial charge in [0.1, 0.15) is 5.65 Å². The Labute approximate surface area is 206 Å². The zero-order valence-electron chi connectivity index (χ0n) is 20.9. The molecule has 0 radical (unpaired) electrons. The molecule has 8 nitrogen and oxygen atoms in total. The van der Waals surface area contributed by atoms with Crippen LogP contribution >= 0.6 is 0 Å². The van der Waals surface area contributed by atoms with Crippen LogP contribution in [0, 0.1) is 12.8 Å². The lowest BCUT2D eigenvalue weighted by Gasteiger charge is -2.15. The molecule has 8 heteroatoms. The SMILES string of the molecule is CCC(C)C(=O)Nc1c(C(=O)OC)n(CC2CCCO2)c2ncc(NCc3cccc(C)c3)cc12. The number of aromatic nitrogens is 2. The standard InChI is InChI=1S/C27H34N4O4/c1-5-18(3)26(32)30-23-22-13-20(28-14-19-9-6-8-17(2)12-19)15-29-25(22)31(24(23)27(33)34-4)16-21-10-7-11-35-21/h6,8-9,12-13,15,18,21,28H,5,7,10-11,14,16H2,1-4H3,(H,30,32). The van der Waals surface area contributed by atoms with Crippen LogP contribution in [0.5, 0.6) is 0 Å². The molecule has 1 saturated heterocycles. The Morgan fingerprint density at radius 2 is 2.14 bits per heavy atom. The fraction of sp³-hybridized carbons (Fsp3) is 0.444. The molecule has 2 N–H and O–H groups in total. The van der Waals surface area contributed by atoms with E-state index in [1.54, 1.807) is 6.20 Å². The molecule has 2 unspecified atom stereocenters. The molecule has 1 amide bonds. The van der Waals surface area contributed by atoms with Gasteiger partial charge >= 0.3 is 5.97 Å². The number of nitrogens with zero attached hydrogens (tertiary/aromatic N) is 2. The Balaban J connectivity index is 1.77. The van der Waals surface area contributed by atoms with Crippen molar-refractivity contribution in [3.63, 3.8) is 0 Å². The highest BCUT2D eigenvalue weighted by Gasteiger charge is 2.29. The van der Waals surface area contributed by atoms with Crippen molar-refractivity contribution in [3.05, 3.63) is 53.3 Å². The Kier molecular flexibility index (Phi) is 7.70. The van der Waals surface area contributed by atoms with E-state index in [0.717, 1.165) is 24.1 Å². The summed E-state index contributed by atoms with van der Waals surface area (Å²) in [7, 11) is 1.35. The van der Waals surface area contributed by atoms with Gasteiger partial charge in [-0.3, -0.25) is 4.79 Å². The van der Waals surface area contributed by atoms with Crippen molar-refractivity contribution in [3.8, 4) is 0 Å². The van der Waals surface area contributed by atoms with Gasteiger partial charge < -0.3 is 24.7 Å². The number of pyridine rings is 1. The van der Waals surface area contributed by atoms with Crippen LogP contribution in [-0.4, -0.2) is 41.2 Å². The van der Waals surface area contributed by atoms with Crippen LogP contribution in [0.2, 0.25) is 0 Å². The third-order valence-electron chi connectivity index (χ3n) is 6.57. The smallest absolute Gasteiger partial charge is 0.356 e. The van der Waals surface area contributed by atoms with Gasteiger partial charge in [0, 0.05) is 24.5 Å². The van der Waals surface area contributed by atoms with Crippen LogP contribution in [0.3, 0.4) is 0 Å². The lowest BCUT2D eigenvalue weighted by atomic mass is 10.1. The van der Waals surface area contributed by atoms with Gasteiger partial charge in [0.25, 0.3) is 0 Å². The Morgan fingerprint density at radius 1 is 1.31 bits per heavy atom. The van der Waals surface area contributed by atoms with E-state index in [0.29, 0.717) is 42.8 Å². The summed E-state index contributed by atoms with van der Waals surface area (Å²) in [6, 6.07) is 10.2. The molecule has 0 bridgehead atoms. The van der Waals surface area contributed by atoms with E-state index in [1.165, 1.54) is 12.7 Å². The summed E-state index contributed by atoms with van der Waals surface area (Å²) in [4.78, 5) is 30.6. The first-order chi connectivity index (χ1) is 16.9. The van der Waals surface area contributed by atoms with Crippen molar-refractivity contribution in [1.29, 1.82) is 0 Å². The Hall–Kier alpha value is -3.39. The number of ether oxygens (including phenoxy) is 2. The molecule has 3 heterocycles. The molecular formula is C27H34N4O4. The zero-order valence-corrected chi connectivity index (χ0v) is 20.9. The topological polar surface area (TPSA) is 94.5 Å². The van der Waals surface area contributed by atoms with Gasteiger partial charge in [0.05, 0.1) is 37.3 Å². The van der Waals surface area contributed by atoms with Gasteiger partial charge in [-0.25, -0.2) is 9.78 Å². The monoisotopic (exact) mass is 478 g/mol. The maximum atomic E-state index is 13.0. The molecule has 1 aliphatic heterocycles. The predicted molar refractivity (Wildman–Crippen MR) is 137 cm³/mol. The summed E-state index contributed by atoms with van der Waals surface area (Å²) >= 11 is 0. The lowest BCUT2D eigenvalue weighted by molar-refractivity contribution is -0.119. The second kappa shape index (κ2) is 10.9. The van der Waals surface area contributed by atoms with Crippen molar-refractivity contribution >= 4 is 34.3 Å². The molecule has 2 aromatic heterocycles. The predicted octanol–water partition coefficient (Wildman–Crippen LogP) is 4.91. The van der Waals surface area contributed by atoms with Crippen LogP contribution in [0.1, 0.15) is 54.7 Å². The number of rotatable bonds is 9. The maximum absolute atomic E-state index is 13.0. The highest BCUT2D eigenvalue weighted by atomic mass is 16.5. The minimum Gasteiger partial charge on any atom is -0.464 e. The summed E-state index contributed by atoms with van der Waals surface area (Å²) in [5.74, 6) is -0.866. The largest absolute Gasteiger partial charge is 0.464 e. The van der Waals surface area contributed by atoms with E-state index in [4.69, 9.17) is 14.5 Å². The molecule has 0 saturated carbocycles. The Morgan fingerprint density at radius 3 is 2.83 bits per heavy atom. The number of carbonyl (C=O) groups is 2. The minimum absolute atomic E-state index is 0.0203. The van der Waals surface area contributed by atoms with Crippen molar-refractivity contribution in [1.82, 2.24) is 9.55 Å². The zero-order chi connectivity index (χ0) is 24.9. The highest BCUT2D eigenvalue weighted by Crippen LogP contribution is 2.34. The third kappa shape index (κ3) is 5.48. The number of benzene rings is 1. The number of fused-ring (bicyclic) bond motifs is 1. The van der Waals surface area contributed by atoms with E-state index in [9.17, 15) is 9.59 Å². The Bertz CT molecular complexity index is 1210. The maximum Gasteiger partial charge on any atom is 0.356 e. The van der Waals surface area contributed by atoms with E-state index in [-0.39, 0.29) is 23.6 Å². The number of anilines is 2. The summed E-state index contributed by atoms with van der Waals surface area (Å²) in [5.41, 5.74) is 4.48. The lowest BCUT2D eigenvalue weighted by Crippen LogP contribution is -2.23. The molecule has 2 atom stereocenters. The van der Waals surface area contributed by atoms with Crippen molar-refractivity contribution in [2.75, 3.05) is 24.4 Å². The molecule has 3 aromatic rings. The summed E-state index contributed by atoms with van der Waals surface area (Å²) in [6.45, 7) is 7.68. The van der Waals surface area contributed by atoms with Gasteiger partial charge in [0.15, 0.2) is 5.69 Å². The fourth-order valence-electron chi connectivity index (χ4n) is 4.38. The quantitative estimate of drug-likeness (QED) is 0.425. The van der Waals surface area contributed by atoms with Gasteiger partial charge in [-0.05, 0) is 37.8 Å². The molecule has 4 rings (SSSR count). The van der Waals surface area contributed by atoms with E-state index in [1.807, 2.05) is 30.5 Å². The van der Waals surface area contributed by atoms with Gasteiger partial charge in [-0.15, -0.1) is 0 Å². The van der Waals surface area contributed by atoms with Crippen molar-refractivity contribution in [2.45, 2.75) is 59.2 Å². The summed E-state index contributed by atoms with van der Waals surface area (Å²) in [5, 5.41) is 7.11. The van der Waals surface area contributed by atoms with Gasteiger partial charge in [-0.2, -0.15) is 0 Å². The normalized spacial score (nSPS) is 16.3. The van der Waals surface area contributed by atoms with Gasteiger partial charge in [-0.1, -0.05) is 43.7 Å². The van der Waals surface area contributed by atoms with Crippen LogP contribution in [0.25, 0.3) is 11.0 Å². The minimum atomic E-state index is -0.519. The first-order valence-electron chi connectivity index (χ1n) is 12.2. The van der Waals surface area contributed by atoms with Crippen LogP contribution in [-0.2, 0) is 27.4 Å². The van der Waals surface area contributed by atoms with E-state index >= 15 is 0 Å². The number of methoxy groups -OCH3 is 1. The van der Waals surface area contributed by atoms with Gasteiger partial charge in [0.2, 0.25) is 5.91 Å². The second-order valence-electron chi connectivity index (χ2n) is 9.20. The molecule has 1 aromatic carbocycles. The third-order valence-corrected chi connectivity index (χ3v) is 6.57. The van der Waals surface area contributed by atoms with Crippen LogP contribution in [0.15, 0.2) is 36.5 Å². The molecular weight excluding hydrogens is 444 g/mol. The number of aryl methyl sites for hydroxylation is 1. The number of esters is 1. The summed E-state index contributed by atoms with van der Waals surface area (Å²) in [6.07, 6.45) is 4.31. The average molecular weight is 479 g/mol. The number of hydrogen-bond acceptors (Lipinski definition) is 6. The molecule has 35 heavy (non-hydrogen) atoms. The molecule has 0 spiro atoms. The van der Waals surface area contributed by atoms with E-state index in [2.05, 4.69) is 35.8 Å². The number of hydrogen-bond donors (Lipinski definition) is 2. The number of carbonyl (C=O) groups excluding carboxylic acids is 2. The number of nitrogens with one attached hydrogen (secondary N) is 2. The number of amides is 1. The highest BCUT2D eigenvalue weighted by molar-refractivity contribution is 6.11. The van der Waals surface area contributed by atoms with Crippen LogP contribution in [0.4, 0.5) is 11.4 Å². The molecule has 186 valence electrons. The summed E-state index contributed by atoms with van der Waals surface area (Å²) < 4.78 is 12.8. The van der Waals surface area contributed by atoms with E-state index < -0.39 is 5.97 Å². The van der Waals surface area contributed by atoms with Crippen molar-refractivity contribution < 1.29 is 19.1 Å². The first kappa shape index (κ1) is 24.7. The second-order valence-corrected chi connectivity index (χ2v) is 9.20. The molecule has 0 aliphatic carbocycles. The van der Waals surface area contributed by atoms with Crippen LogP contribution < -0.4 is 10.6 Å². The molecule has 1 aliphatic rings.